The molecular weight excluding hydrogens is 421 g/mol. The van der Waals surface area contributed by atoms with E-state index in [4.69, 9.17) is 10.8 Å². The van der Waals surface area contributed by atoms with Crippen molar-refractivity contribution in [3.63, 3.8) is 0 Å². The molecule has 3 aromatic rings. The predicted molar refractivity (Wildman–Crippen MR) is 125 cm³/mol. The molecule has 0 radical (unpaired) electrons. The first-order valence-electron chi connectivity index (χ1n) is 10.8. The number of benzene rings is 1. The van der Waals surface area contributed by atoms with Gasteiger partial charge in [0.2, 0.25) is 0 Å². The molecule has 0 bridgehead atoms. The number of hydrogen-bond acceptors (Lipinski definition) is 5. The molecule has 1 aromatic carbocycles. The second-order valence-electron chi connectivity index (χ2n) is 8.44. The van der Waals surface area contributed by atoms with Gasteiger partial charge in [0, 0.05) is 18.2 Å². The lowest BCUT2D eigenvalue weighted by Crippen LogP contribution is -2.36. The lowest BCUT2D eigenvalue weighted by Gasteiger charge is -2.23. The smallest absolute Gasteiger partial charge is 0.274 e. The summed E-state index contributed by atoms with van der Waals surface area (Å²) < 4.78 is 16.5. The lowest BCUT2D eigenvalue weighted by molar-refractivity contribution is 0.102. The number of aryl methyl sites for hydroxylation is 1. The van der Waals surface area contributed by atoms with Gasteiger partial charge in [-0.1, -0.05) is 6.07 Å². The van der Waals surface area contributed by atoms with Crippen LogP contribution in [-0.2, 0) is 0 Å². The third-order valence-corrected chi connectivity index (χ3v) is 5.59. The fourth-order valence-electron chi connectivity index (χ4n) is 3.58. The molecule has 4 rings (SSSR count). The SMILES string of the molecule is Cc1cc(F)c(NC(=O)c2cccc(C(=N)N(C=N)C(C)C)n2)cc1-n1cnc(C2CC2)c1. The van der Waals surface area contributed by atoms with Gasteiger partial charge in [0.05, 0.1) is 29.7 Å². The Morgan fingerprint density at radius 1 is 1.30 bits per heavy atom. The molecule has 3 N–H and O–H groups in total. The maximum atomic E-state index is 14.7. The highest BCUT2D eigenvalue weighted by Gasteiger charge is 2.26. The quantitative estimate of drug-likeness (QED) is 0.366. The second-order valence-corrected chi connectivity index (χ2v) is 8.44. The second kappa shape index (κ2) is 8.93. The van der Waals surface area contributed by atoms with Crippen LogP contribution in [0.4, 0.5) is 10.1 Å². The molecule has 0 saturated heterocycles. The number of carbonyl (C=O) groups is 1. The number of amides is 1. The molecule has 0 spiro atoms. The Morgan fingerprint density at radius 2 is 2.03 bits per heavy atom. The van der Waals surface area contributed by atoms with Crippen LogP contribution in [0.15, 0.2) is 42.9 Å². The minimum atomic E-state index is -0.589. The summed E-state index contributed by atoms with van der Waals surface area (Å²) in [6, 6.07) is 7.56. The lowest BCUT2D eigenvalue weighted by atomic mass is 10.1. The Morgan fingerprint density at radius 3 is 2.70 bits per heavy atom. The summed E-state index contributed by atoms with van der Waals surface area (Å²) in [5, 5.41) is 18.4. The number of rotatable bonds is 7. The molecule has 0 unspecified atom stereocenters. The van der Waals surface area contributed by atoms with Gasteiger partial charge in [0.25, 0.3) is 5.91 Å². The number of nitrogens with zero attached hydrogens (tertiary/aromatic N) is 4. The van der Waals surface area contributed by atoms with Crippen LogP contribution in [0.1, 0.15) is 60.0 Å². The number of aromatic nitrogens is 3. The van der Waals surface area contributed by atoms with E-state index in [0.717, 1.165) is 36.1 Å². The number of amidine groups is 1. The standard InChI is InChI=1S/C24H26FN7O/c1-14(2)32(12-26)23(27)18-5-4-6-19(29-18)24(33)30-20-10-22(15(3)9-17(20)25)31-11-21(28-13-31)16-7-8-16/h4-6,9-14,16,26-27H,7-8H2,1-3H3,(H,30,33). The van der Waals surface area contributed by atoms with E-state index in [1.54, 1.807) is 31.5 Å². The molecule has 8 nitrogen and oxygen atoms in total. The molecule has 1 aliphatic rings. The Labute approximate surface area is 191 Å². The Hall–Kier alpha value is -3.88. The topological polar surface area (TPSA) is 111 Å². The number of anilines is 1. The summed E-state index contributed by atoms with van der Waals surface area (Å²) in [5.74, 6) is -0.632. The van der Waals surface area contributed by atoms with Crippen LogP contribution in [0.25, 0.3) is 5.69 Å². The van der Waals surface area contributed by atoms with E-state index in [9.17, 15) is 9.18 Å². The van der Waals surface area contributed by atoms with Crippen LogP contribution in [0.5, 0.6) is 0 Å². The first kappa shape index (κ1) is 22.3. The van der Waals surface area contributed by atoms with Gasteiger partial charge in [-0.2, -0.15) is 0 Å². The zero-order chi connectivity index (χ0) is 23.7. The first-order valence-corrected chi connectivity index (χ1v) is 10.8. The van der Waals surface area contributed by atoms with Gasteiger partial charge in [-0.25, -0.2) is 14.4 Å². The van der Waals surface area contributed by atoms with Crippen molar-refractivity contribution in [2.75, 3.05) is 5.32 Å². The number of pyridine rings is 1. The summed E-state index contributed by atoms with van der Waals surface area (Å²) in [7, 11) is 0. The monoisotopic (exact) mass is 447 g/mol. The molecule has 2 heterocycles. The summed E-state index contributed by atoms with van der Waals surface area (Å²) in [4.78, 5) is 23.0. The molecule has 0 aliphatic heterocycles. The summed E-state index contributed by atoms with van der Waals surface area (Å²) in [5.41, 5.74) is 2.80. The van der Waals surface area contributed by atoms with Crippen LogP contribution in [0.3, 0.4) is 0 Å². The number of carbonyl (C=O) groups excluding carboxylic acids is 1. The van der Waals surface area contributed by atoms with E-state index < -0.39 is 11.7 Å². The molecule has 0 atom stereocenters. The van der Waals surface area contributed by atoms with Crippen molar-refractivity contribution in [2.24, 2.45) is 0 Å². The van der Waals surface area contributed by atoms with E-state index in [1.165, 1.54) is 17.0 Å². The average molecular weight is 448 g/mol. The van der Waals surface area contributed by atoms with Gasteiger partial charge >= 0.3 is 0 Å². The first-order chi connectivity index (χ1) is 15.8. The van der Waals surface area contributed by atoms with Gasteiger partial charge in [0.1, 0.15) is 17.2 Å². The van der Waals surface area contributed by atoms with Crippen LogP contribution in [0, 0.1) is 23.6 Å². The highest BCUT2D eigenvalue weighted by atomic mass is 19.1. The van der Waals surface area contributed by atoms with Crippen molar-refractivity contribution in [2.45, 2.75) is 45.6 Å². The summed E-state index contributed by atoms with van der Waals surface area (Å²) in [6.07, 6.45) is 6.98. The maximum absolute atomic E-state index is 14.7. The fraction of sp³-hybridized carbons (Fsp3) is 0.292. The van der Waals surface area contributed by atoms with E-state index in [-0.39, 0.29) is 29.0 Å². The molecule has 9 heteroatoms. The third-order valence-electron chi connectivity index (χ3n) is 5.59. The summed E-state index contributed by atoms with van der Waals surface area (Å²) in [6.45, 7) is 5.50. The van der Waals surface area contributed by atoms with Crippen LogP contribution in [0.2, 0.25) is 0 Å². The predicted octanol–water partition coefficient (Wildman–Crippen LogP) is 4.49. The van der Waals surface area contributed by atoms with Gasteiger partial charge in [0.15, 0.2) is 5.84 Å². The number of hydrogen-bond donors (Lipinski definition) is 3. The molecule has 1 amide bonds. The molecule has 1 aliphatic carbocycles. The van der Waals surface area contributed by atoms with Crippen molar-refractivity contribution >= 4 is 23.8 Å². The minimum Gasteiger partial charge on any atom is -0.318 e. The Balaban J connectivity index is 1.58. The maximum Gasteiger partial charge on any atom is 0.274 e. The highest BCUT2D eigenvalue weighted by molar-refractivity contribution is 6.05. The van der Waals surface area contributed by atoms with Crippen molar-refractivity contribution < 1.29 is 9.18 Å². The van der Waals surface area contributed by atoms with E-state index >= 15 is 0 Å². The third kappa shape index (κ3) is 4.67. The Bertz CT molecular complexity index is 1230. The van der Waals surface area contributed by atoms with Gasteiger partial charge in [-0.15, -0.1) is 0 Å². The number of halogens is 1. The average Bonchev–Trinajstić information content (AvgIpc) is 3.53. The normalized spacial score (nSPS) is 13.1. The van der Waals surface area contributed by atoms with Gasteiger partial charge < -0.3 is 14.8 Å². The molecule has 2 aromatic heterocycles. The van der Waals surface area contributed by atoms with E-state index in [1.807, 2.05) is 24.6 Å². The summed E-state index contributed by atoms with van der Waals surface area (Å²) >= 11 is 0. The van der Waals surface area contributed by atoms with E-state index in [2.05, 4.69) is 15.3 Å². The van der Waals surface area contributed by atoms with Gasteiger partial charge in [-0.3, -0.25) is 15.6 Å². The molecule has 170 valence electrons. The molecule has 33 heavy (non-hydrogen) atoms. The number of nitrogens with one attached hydrogen (secondary N) is 3. The largest absolute Gasteiger partial charge is 0.318 e. The molecule has 1 saturated carbocycles. The van der Waals surface area contributed by atoms with Crippen molar-refractivity contribution in [1.82, 2.24) is 19.4 Å². The van der Waals surface area contributed by atoms with Crippen molar-refractivity contribution in [3.8, 4) is 5.69 Å². The molecule has 1 fully saturated rings. The van der Waals surface area contributed by atoms with Crippen LogP contribution >= 0.6 is 0 Å². The highest BCUT2D eigenvalue weighted by Crippen LogP contribution is 2.39. The van der Waals surface area contributed by atoms with Crippen molar-refractivity contribution in [3.05, 3.63) is 71.3 Å². The number of imidazole rings is 1. The van der Waals surface area contributed by atoms with Crippen molar-refractivity contribution in [1.29, 1.82) is 10.8 Å². The zero-order valence-corrected chi connectivity index (χ0v) is 18.8. The minimum absolute atomic E-state index is 0.00466. The Kier molecular flexibility index (Phi) is 6.04. The van der Waals surface area contributed by atoms with Crippen LogP contribution < -0.4 is 5.32 Å². The van der Waals surface area contributed by atoms with Crippen LogP contribution in [-0.4, -0.2) is 43.6 Å². The molecular formula is C24H26FN7O. The fourth-order valence-corrected chi connectivity index (χ4v) is 3.58. The van der Waals surface area contributed by atoms with E-state index in [0.29, 0.717) is 5.92 Å². The zero-order valence-electron chi connectivity index (χ0n) is 18.8. The van der Waals surface area contributed by atoms with Gasteiger partial charge in [-0.05, 0) is 63.4 Å².